The minimum atomic E-state index is -0.0929. The van der Waals surface area contributed by atoms with Crippen LogP contribution in [0.1, 0.15) is 16.5 Å². The van der Waals surface area contributed by atoms with Crippen molar-refractivity contribution in [3.63, 3.8) is 0 Å². The van der Waals surface area contributed by atoms with E-state index in [1.54, 1.807) is 12.4 Å². The zero-order valence-electron chi connectivity index (χ0n) is 11.9. The van der Waals surface area contributed by atoms with Crippen LogP contribution < -0.4 is 5.32 Å². The number of nitrogens with one attached hydrogen (secondary N) is 1. The summed E-state index contributed by atoms with van der Waals surface area (Å²) >= 11 is 3.53. The van der Waals surface area contributed by atoms with Gasteiger partial charge in [0, 0.05) is 31.0 Å². The SMILES string of the molecule is CN(C)CC1CNC(=O)c2c(Br)c(-c3ccncc3)nn21. The Morgan fingerprint density at radius 1 is 1.43 bits per heavy atom. The first kappa shape index (κ1) is 14.2. The molecule has 110 valence electrons. The maximum Gasteiger partial charge on any atom is 0.270 e. The minimum Gasteiger partial charge on any atom is -0.348 e. The van der Waals surface area contributed by atoms with Crippen LogP contribution in [0.2, 0.25) is 0 Å². The van der Waals surface area contributed by atoms with Crippen molar-refractivity contribution >= 4 is 21.8 Å². The Hall–Kier alpha value is -1.73. The number of carbonyl (C=O) groups is 1. The summed E-state index contributed by atoms with van der Waals surface area (Å²) in [4.78, 5) is 18.3. The second-order valence-electron chi connectivity index (χ2n) is 5.32. The van der Waals surface area contributed by atoms with Crippen LogP contribution in [0.25, 0.3) is 11.3 Å². The van der Waals surface area contributed by atoms with Crippen molar-refractivity contribution in [1.29, 1.82) is 0 Å². The van der Waals surface area contributed by atoms with E-state index in [2.05, 4.69) is 36.2 Å². The highest BCUT2D eigenvalue weighted by Crippen LogP contribution is 2.33. The Morgan fingerprint density at radius 2 is 2.14 bits per heavy atom. The molecule has 1 aliphatic rings. The molecular formula is C14H16BrN5O. The Balaban J connectivity index is 2.09. The number of nitrogens with zero attached hydrogens (tertiary/aromatic N) is 4. The molecule has 1 aliphatic heterocycles. The number of hydrogen-bond acceptors (Lipinski definition) is 4. The standard InChI is InChI=1S/C14H16BrN5O/c1-19(2)8-10-7-17-14(21)13-11(15)12(18-20(10)13)9-3-5-16-6-4-9/h3-6,10H,7-8H2,1-2H3,(H,17,21). The number of hydrogen-bond donors (Lipinski definition) is 1. The zero-order valence-corrected chi connectivity index (χ0v) is 13.5. The first-order valence-corrected chi connectivity index (χ1v) is 7.48. The second kappa shape index (κ2) is 5.57. The van der Waals surface area contributed by atoms with Crippen molar-refractivity contribution in [1.82, 2.24) is 25.0 Å². The van der Waals surface area contributed by atoms with Crippen LogP contribution in [0.4, 0.5) is 0 Å². The van der Waals surface area contributed by atoms with Crippen molar-refractivity contribution in [2.75, 3.05) is 27.2 Å². The van der Waals surface area contributed by atoms with Crippen molar-refractivity contribution < 1.29 is 4.79 Å². The van der Waals surface area contributed by atoms with Gasteiger partial charge in [-0.15, -0.1) is 0 Å². The molecule has 21 heavy (non-hydrogen) atoms. The molecule has 1 amide bonds. The molecule has 3 heterocycles. The molecule has 1 atom stereocenters. The minimum absolute atomic E-state index is 0.0929. The van der Waals surface area contributed by atoms with E-state index >= 15 is 0 Å². The molecule has 0 aromatic carbocycles. The van der Waals surface area contributed by atoms with Gasteiger partial charge in [0.15, 0.2) is 0 Å². The number of rotatable bonds is 3. The summed E-state index contributed by atoms with van der Waals surface area (Å²) in [5.74, 6) is -0.0929. The molecular weight excluding hydrogens is 334 g/mol. The molecule has 0 spiro atoms. The molecule has 2 aromatic rings. The van der Waals surface area contributed by atoms with E-state index in [9.17, 15) is 4.79 Å². The van der Waals surface area contributed by atoms with Gasteiger partial charge in [-0.25, -0.2) is 0 Å². The van der Waals surface area contributed by atoms with Gasteiger partial charge in [0.1, 0.15) is 11.4 Å². The zero-order chi connectivity index (χ0) is 15.0. The first-order valence-electron chi connectivity index (χ1n) is 6.69. The number of likely N-dealkylation sites (N-methyl/N-ethyl adjacent to an activating group) is 1. The lowest BCUT2D eigenvalue weighted by atomic mass is 10.1. The summed E-state index contributed by atoms with van der Waals surface area (Å²) in [6, 6.07) is 3.90. The highest BCUT2D eigenvalue weighted by atomic mass is 79.9. The fraction of sp³-hybridized carbons (Fsp3) is 0.357. The molecule has 0 saturated carbocycles. The van der Waals surface area contributed by atoms with Gasteiger partial charge in [-0.2, -0.15) is 5.10 Å². The first-order chi connectivity index (χ1) is 10.1. The maximum absolute atomic E-state index is 12.2. The molecule has 6 nitrogen and oxygen atoms in total. The topological polar surface area (TPSA) is 63.1 Å². The highest BCUT2D eigenvalue weighted by Gasteiger charge is 2.31. The monoisotopic (exact) mass is 349 g/mol. The predicted molar refractivity (Wildman–Crippen MR) is 83.1 cm³/mol. The Morgan fingerprint density at radius 3 is 2.81 bits per heavy atom. The summed E-state index contributed by atoms with van der Waals surface area (Å²) < 4.78 is 2.56. The highest BCUT2D eigenvalue weighted by molar-refractivity contribution is 9.10. The number of carbonyl (C=O) groups excluding carboxylic acids is 1. The molecule has 3 rings (SSSR count). The van der Waals surface area contributed by atoms with Gasteiger partial charge in [0.25, 0.3) is 5.91 Å². The summed E-state index contributed by atoms with van der Waals surface area (Å²) in [7, 11) is 4.02. The molecule has 0 fully saturated rings. The number of fused-ring (bicyclic) bond motifs is 1. The lowest BCUT2D eigenvalue weighted by Gasteiger charge is -2.27. The molecule has 0 saturated heterocycles. The largest absolute Gasteiger partial charge is 0.348 e. The predicted octanol–water partition coefficient (Wildman–Crippen LogP) is 1.55. The third-order valence-corrected chi connectivity index (χ3v) is 4.19. The summed E-state index contributed by atoms with van der Waals surface area (Å²) in [6.07, 6.45) is 3.44. The van der Waals surface area contributed by atoms with Gasteiger partial charge in [0.05, 0.1) is 10.5 Å². The Labute approximate surface area is 131 Å². The van der Waals surface area contributed by atoms with Gasteiger partial charge >= 0.3 is 0 Å². The smallest absolute Gasteiger partial charge is 0.270 e. The molecule has 0 bridgehead atoms. The van der Waals surface area contributed by atoms with Gasteiger partial charge in [0.2, 0.25) is 0 Å². The summed E-state index contributed by atoms with van der Waals surface area (Å²) in [5.41, 5.74) is 2.29. The van der Waals surface area contributed by atoms with Crippen molar-refractivity contribution in [2.24, 2.45) is 0 Å². The lowest BCUT2D eigenvalue weighted by molar-refractivity contribution is 0.0901. The maximum atomic E-state index is 12.2. The van der Waals surface area contributed by atoms with E-state index in [0.717, 1.165) is 22.3 Å². The number of aromatic nitrogens is 3. The van der Waals surface area contributed by atoms with Crippen LogP contribution >= 0.6 is 15.9 Å². The molecule has 0 radical (unpaired) electrons. The summed E-state index contributed by atoms with van der Waals surface area (Å²) in [6.45, 7) is 1.41. The van der Waals surface area contributed by atoms with Gasteiger partial charge in [-0.3, -0.25) is 14.5 Å². The van der Waals surface area contributed by atoms with E-state index < -0.39 is 0 Å². The second-order valence-corrected chi connectivity index (χ2v) is 6.11. The summed E-state index contributed by atoms with van der Waals surface area (Å²) in [5, 5.41) is 7.59. The van der Waals surface area contributed by atoms with E-state index in [-0.39, 0.29) is 11.9 Å². The van der Waals surface area contributed by atoms with Crippen LogP contribution in [0.5, 0.6) is 0 Å². The average molecular weight is 350 g/mol. The van der Waals surface area contributed by atoms with Crippen LogP contribution in [-0.4, -0.2) is 52.8 Å². The Bertz CT molecular complexity index is 668. The molecule has 1 N–H and O–H groups in total. The number of pyridine rings is 1. The van der Waals surface area contributed by atoms with Crippen molar-refractivity contribution in [3.05, 3.63) is 34.7 Å². The van der Waals surface area contributed by atoms with Crippen molar-refractivity contribution in [2.45, 2.75) is 6.04 Å². The normalized spacial score (nSPS) is 17.7. The lowest BCUT2D eigenvalue weighted by Crippen LogP contribution is -2.43. The molecule has 2 aromatic heterocycles. The molecule has 0 aliphatic carbocycles. The van der Waals surface area contributed by atoms with Crippen LogP contribution in [-0.2, 0) is 0 Å². The van der Waals surface area contributed by atoms with Gasteiger partial charge in [-0.05, 0) is 42.2 Å². The molecule has 1 unspecified atom stereocenters. The third kappa shape index (κ3) is 2.58. The van der Waals surface area contributed by atoms with E-state index in [4.69, 9.17) is 0 Å². The fourth-order valence-corrected chi connectivity index (χ4v) is 3.19. The average Bonchev–Trinajstić information content (AvgIpc) is 2.81. The van der Waals surface area contributed by atoms with Gasteiger partial charge < -0.3 is 10.2 Å². The third-order valence-electron chi connectivity index (χ3n) is 3.44. The number of amides is 1. The van der Waals surface area contributed by atoms with E-state index in [0.29, 0.717) is 12.2 Å². The van der Waals surface area contributed by atoms with Crippen molar-refractivity contribution in [3.8, 4) is 11.3 Å². The van der Waals surface area contributed by atoms with Crippen LogP contribution in [0.3, 0.4) is 0 Å². The quantitative estimate of drug-likeness (QED) is 0.913. The fourth-order valence-electron chi connectivity index (χ4n) is 2.52. The molecule has 7 heteroatoms. The van der Waals surface area contributed by atoms with Crippen LogP contribution in [0.15, 0.2) is 29.0 Å². The Kier molecular flexibility index (Phi) is 3.77. The van der Waals surface area contributed by atoms with E-state index in [1.165, 1.54) is 0 Å². The van der Waals surface area contributed by atoms with E-state index in [1.807, 2.05) is 30.9 Å². The number of halogens is 1. The van der Waals surface area contributed by atoms with Gasteiger partial charge in [-0.1, -0.05) is 0 Å². The van der Waals surface area contributed by atoms with Crippen LogP contribution in [0, 0.1) is 0 Å².